The Bertz CT molecular complexity index is 371. The van der Waals surface area contributed by atoms with Gasteiger partial charge in [0.15, 0.2) is 0 Å². The standard InChI is InChI=1S/C17H26IN/c1-2-12-19-17(13-14-8-4-3-5-9-14)15-10-6-7-11-16(15)18/h6-7,10-11,14,17,19H,2-5,8-9,12-13H2,1H3. The molecule has 1 fully saturated rings. The molecule has 1 aromatic carbocycles. The third kappa shape index (κ3) is 4.75. The van der Waals surface area contributed by atoms with Gasteiger partial charge in [-0.25, -0.2) is 0 Å². The molecule has 106 valence electrons. The Morgan fingerprint density at radius 2 is 1.95 bits per heavy atom. The van der Waals surface area contributed by atoms with Crippen LogP contribution in [0.15, 0.2) is 24.3 Å². The zero-order valence-corrected chi connectivity index (χ0v) is 14.2. The molecule has 2 heteroatoms. The Balaban J connectivity index is 2.04. The second-order valence-electron chi connectivity index (χ2n) is 5.77. The molecule has 0 amide bonds. The van der Waals surface area contributed by atoms with E-state index in [0.29, 0.717) is 6.04 Å². The zero-order valence-electron chi connectivity index (χ0n) is 12.0. The maximum Gasteiger partial charge on any atom is 0.0333 e. The van der Waals surface area contributed by atoms with Gasteiger partial charge in [0, 0.05) is 9.61 Å². The summed E-state index contributed by atoms with van der Waals surface area (Å²) in [5.74, 6) is 0.930. The minimum absolute atomic E-state index is 0.552. The van der Waals surface area contributed by atoms with Gasteiger partial charge in [0.2, 0.25) is 0 Å². The molecule has 2 rings (SSSR count). The molecule has 1 unspecified atom stereocenters. The number of halogens is 1. The van der Waals surface area contributed by atoms with Crippen LogP contribution in [-0.4, -0.2) is 6.54 Å². The Hall–Kier alpha value is -0.0900. The summed E-state index contributed by atoms with van der Waals surface area (Å²) in [6.07, 6.45) is 9.74. The van der Waals surface area contributed by atoms with Crippen LogP contribution in [-0.2, 0) is 0 Å². The van der Waals surface area contributed by atoms with Crippen LogP contribution >= 0.6 is 22.6 Å². The van der Waals surface area contributed by atoms with Crippen LogP contribution in [0.4, 0.5) is 0 Å². The third-order valence-electron chi connectivity index (χ3n) is 4.22. The maximum atomic E-state index is 3.77. The van der Waals surface area contributed by atoms with E-state index in [4.69, 9.17) is 0 Å². The zero-order chi connectivity index (χ0) is 13.5. The van der Waals surface area contributed by atoms with Crippen LogP contribution in [0, 0.1) is 9.49 Å². The molecule has 0 aliphatic heterocycles. The van der Waals surface area contributed by atoms with Crippen molar-refractivity contribution < 1.29 is 0 Å². The van der Waals surface area contributed by atoms with Gasteiger partial charge in [-0.15, -0.1) is 0 Å². The molecule has 0 bridgehead atoms. The smallest absolute Gasteiger partial charge is 0.0333 e. The van der Waals surface area contributed by atoms with E-state index < -0.39 is 0 Å². The molecule has 1 aromatic rings. The molecule has 19 heavy (non-hydrogen) atoms. The summed E-state index contributed by atoms with van der Waals surface area (Å²) in [4.78, 5) is 0. The van der Waals surface area contributed by atoms with Gasteiger partial charge in [-0.2, -0.15) is 0 Å². The van der Waals surface area contributed by atoms with E-state index in [2.05, 4.69) is 59.1 Å². The van der Waals surface area contributed by atoms with E-state index in [1.807, 2.05) is 0 Å². The van der Waals surface area contributed by atoms with Gasteiger partial charge in [-0.3, -0.25) is 0 Å². The molecule has 1 nitrogen and oxygen atoms in total. The summed E-state index contributed by atoms with van der Waals surface area (Å²) in [6.45, 7) is 3.38. The Labute approximate surface area is 131 Å². The first kappa shape index (κ1) is 15.3. The predicted octanol–water partition coefficient (Wildman–Crippen LogP) is 5.30. The lowest BCUT2D eigenvalue weighted by atomic mass is 9.83. The SMILES string of the molecule is CCCNC(CC1CCCCC1)c1ccccc1I. The minimum Gasteiger partial charge on any atom is -0.310 e. The summed E-state index contributed by atoms with van der Waals surface area (Å²) in [6, 6.07) is 9.41. The van der Waals surface area contributed by atoms with Gasteiger partial charge < -0.3 is 5.32 Å². The maximum absolute atomic E-state index is 3.77. The molecule has 0 heterocycles. The average Bonchev–Trinajstić information content (AvgIpc) is 2.45. The van der Waals surface area contributed by atoms with Crippen LogP contribution < -0.4 is 5.32 Å². The van der Waals surface area contributed by atoms with Crippen molar-refractivity contribution in [2.24, 2.45) is 5.92 Å². The molecule has 1 atom stereocenters. The molecule has 0 spiro atoms. The Kier molecular flexibility index (Phi) is 6.65. The Morgan fingerprint density at radius 1 is 1.21 bits per heavy atom. The topological polar surface area (TPSA) is 12.0 Å². The van der Waals surface area contributed by atoms with Gasteiger partial charge in [0.25, 0.3) is 0 Å². The summed E-state index contributed by atoms with van der Waals surface area (Å²) >= 11 is 2.48. The quantitative estimate of drug-likeness (QED) is 0.669. The Morgan fingerprint density at radius 3 is 2.63 bits per heavy atom. The van der Waals surface area contributed by atoms with Gasteiger partial charge in [-0.1, -0.05) is 57.2 Å². The van der Waals surface area contributed by atoms with Gasteiger partial charge in [0.05, 0.1) is 0 Å². The van der Waals surface area contributed by atoms with E-state index in [9.17, 15) is 0 Å². The molecule has 0 saturated heterocycles. The van der Waals surface area contributed by atoms with Gasteiger partial charge in [0.1, 0.15) is 0 Å². The lowest BCUT2D eigenvalue weighted by Gasteiger charge is -2.28. The van der Waals surface area contributed by atoms with Crippen molar-refractivity contribution >= 4 is 22.6 Å². The molecule has 1 saturated carbocycles. The van der Waals surface area contributed by atoms with Crippen molar-refractivity contribution in [3.8, 4) is 0 Å². The van der Waals surface area contributed by atoms with Crippen molar-refractivity contribution in [2.75, 3.05) is 6.54 Å². The van der Waals surface area contributed by atoms with Crippen molar-refractivity contribution in [3.05, 3.63) is 33.4 Å². The molecule has 1 aliphatic rings. The van der Waals surface area contributed by atoms with E-state index in [1.54, 1.807) is 0 Å². The first-order chi connectivity index (χ1) is 9.31. The van der Waals surface area contributed by atoms with E-state index in [-0.39, 0.29) is 0 Å². The highest BCUT2D eigenvalue weighted by Gasteiger charge is 2.20. The van der Waals surface area contributed by atoms with Crippen LogP contribution in [0.5, 0.6) is 0 Å². The van der Waals surface area contributed by atoms with Gasteiger partial charge >= 0.3 is 0 Å². The van der Waals surface area contributed by atoms with Crippen LogP contribution in [0.25, 0.3) is 0 Å². The first-order valence-corrected chi connectivity index (χ1v) is 8.87. The predicted molar refractivity (Wildman–Crippen MR) is 91.4 cm³/mol. The normalized spacial score (nSPS) is 18.4. The van der Waals surface area contributed by atoms with Crippen molar-refractivity contribution in [3.63, 3.8) is 0 Å². The number of hydrogen-bond acceptors (Lipinski definition) is 1. The second kappa shape index (κ2) is 8.25. The van der Waals surface area contributed by atoms with Gasteiger partial charge in [-0.05, 0) is 59.5 Å². The fourth-order valence-corrected chi connectivity index (χ4v) is 3.92. The fraction of sp³-hybridized carbons (Fsp3) is 0.647. The number of hydrogen-bond donors (Lipinski definition) is 1. The second-order valence-corrected chi connectivity index (χ2v) is 6.93. The van der Waals surface area contributed by atoms with Crippen molar-refractivity contribution in [2.45, 2.75) is 57.9 Å². The van der Waals surface area contributed by atoms with Crippen molar-refractivity contribution in [1.82, 2.24) is 5.32 Å². The highest BCUT2D eigenvalue weighted by molar-refractivity contribution is 14.1. The molecular weight excluding hydrogens is 345 g/mol. The fourth-order valence-electron chi connectivity index (χ4n) is 3.15. The molecule has 1 N–H and O–H groups in total. The summed E-state index contributed by atoms with van der Waals surface area (Å²) in [5.41, 5.74) is 1.50. The van der Waals surface area contributed by atoms with Crippen molar-refractivity contribution in [1.29, 1.82) is 0 Å². The monoisotopic (exact) mass is 371 g/mol. The van der Waals surface area contributed by atoms with Crippen LogP contribution in [0.2, 0.25) is 0 Å². The first-order valence-electron chi connectivity index (χ1n) is 7.79. The van der Waals surface area contributed by atoms with E-state index >= 15 is 0 Å². The molecule has 1 aliphatic carbocycles. The highest BCUT2D eigenvalue weighted by Crippen LogP contribution is 2.33. The lowest BCUT2D eigenvalue weighted by molar-refractivity contribution is 0.299. The number of rotatable bonds is 6. The van der Waals surface area contributed by atoms with Crippen LogP contribution in [0.3, 0.4) is 0 Å². The lowest BCUT2D eigenvalue weighted by Crippen LogP contribution is -2.26. The molecule has 0 radical (unpaired) electrons. The average molecular weight is 371 g/mol. The summed E-state index contributed by atoms with van der Waals surface area (Å²) < 4.78 is 1.41. The van der Waals surface area contributed by atoms with Crippen LogP contribution in [0.1, 0.15) is 63.5 Å². The minimum atomic E-state index is 0.552. The molecule has 0 aromatic heterocycles. The third-order valence-corrected chi connectivity index (χ3v) is 5.20. The summed E-state index contributed by atoms with van der Waals surface area (Å²) in [5, 5.41) is 3.77. The number of nitrogens with one attached hydrogen (secondary N) is 1. The largest absolute Gasteiger partial charge is 0.310 e. The number of benzene rings is 1. The molecular formula is C17H26IN. The highest BCUT2D eigenvalue weighted by atomic mass is 127. The van der Waals surface area contributed by atoms with E-state index in [1.165, 1.54) is 54.1 Å². The summed E-state index contributed by atoms with van der Waals surface area (Å²) in [7, 11) is 0. The van der Waals surface area contributed by atoms with E-state index in [0.717, 1.165) is 12.5 Å².